The third-order valence-electron chi connectivity index (χ3n) is 0.442. The fraction of sp³-hybridized carbons (Fsp3) is 0.500. The molecule has 0 aromatic rings. The predicted molar refractivity (Wildman–Crippen MR) is 49.4 cm³/mol. The maximum Gasteiger partial charge on any atom is 2.00 e. The second kappa shape index (κ2) is 23.6. The zero-order valence-corrected chi connectivity index (χ0v) is 11.8. The van der Waals surface area contributed by atoms with Crippen molar-refractivity contribution in [1.82, 2.24) is 0 Å². The zero-order chi connectivity index (χ0) is 11.3. The van der Waals surface area contributed by atoms with Crippen molar-refractivity contribution in [2.75, 3.05) is 0 Å². The Labute approximate surface area is 101 Å². The van der Waals surface area contributed by atoms with Crippen molar-refractivity contribution in [3.05, 3.63) is 12.3 Å². The van der Waals surface area contributed by atoms with E-state index < -0.39 is 24.7 Å². The maximum absolute atomic E-state index is 9.46. The molecule has 0 saturated heterocycles. The summed E-state index contributed by atoms with van der Waals surface area (Å²) in [5, 5.41) is 0. The maximum atomic E-state index is 9.46. The molecule has 0 aliphatic carbocycles. The summed E-state index contributed by atoms with van der Waals surface area (Å²) in [7, 11) is -4.78. The van der Waals surface area contributed by atoms with Gasteiger partial charge >= 0.3 is 46.5 Å². The molecular weight excluding hydrogens is 285 g/mol. The third-order valence-corrected chi connectivity index (χ3v) is 1.33. The van der Waals surface area contributed by atoms with E-state index in [4.69, 9.17) is 19.2 Å². The average Bonchev–Trinajstić information content (AvgIpc) is 2.07. The first-order chi connectivity index (χ1) is 5.95. The summed E-state index contributed by atoms with van der Waals surface area (Å²) < 4.78 is 27.4. The summed E-state index contributed by atoms with van der Waals surface area (Å²) in [5.41, 5.74) is 0. The summed E-state index contributed by atoms with van der Waals surface area (Å²) in [4.78, 5) is 22.6. The Kier molecular flexibility index (Phi) is 40.8. The Bertz CT molecular complexity index is 140. The van der Waals surface area contributed by atoms with Crippen molar-refractivity contribution in [3.63, 3.8) is 0 Å². The van der Waals surface area contributed by atoms with E-state index in [1.54, 1.807) is 13.8 Å². The molecule has 0 bridgehead atoms. The number of hydrogen-bond acceptors (Lipinski definition) is 3. The van der Waals surface area contributed by atoms with Crippen LogP contribution in [0.25, 0.3) is 0 Å². The Morgan fingerprint density at radius 2 is 1.14 bits per heavy atom. The van der Waals surface area contributed by atoms with E-state index in [-0.39, 0.29) is 21.7 Å². The van der Waals surface area contributed by atoms with Gasteiger partial charge in [0.15, 0.2) is 0 Å². The Balaban J connectivity index is -0.0000000535. The van der Waals surface area contributed by atoms with Gasteiger partial charge in [-0.1, -0.05) is 9.13 Å². The second-order valence-corrected chi connectivity index (χ2v) is 3.61. The van der Waals surface area contributed by atoms with Crippen molar-refractivity contribution in [2.24, 2.45) is 0 Å². The van der Waals surface area contributed by atoms with Gasteiger partial charge in [-0.15, -0.1) is 13.8 Å². The minimum Gasteiger partial charge on any atom is -0.310 e. The normalized spacial score (nSPS) is 9.50. The molecule has 3 N–H and O–H groups in total. The van der Waals surface area contributed by atoms with E-state index in [9.17, 15) is 9.13 Å². The van der Waals surface area contributed by atoms with Crippen molar-refractivity contribution >= 4 is 24.7 Å². The van der Waals surface area contributed by atoms with Gasteiger partial charge in [-0.3, -0.25) is 0 Å². The second-order valence-electron chi connectivity index (χ2n) is 1.20. The molecular formula is C4H11O6P3Ti+2. The average molecular weight is 296 g/mol. The van der Waals surface area contributed by atoms with Gasteiger partial charge in [0.25, 0.3) is 0 Å². The molecule has 0 radical (unpaired) electrons. The molecule has 0 fully saturated rings. The topological polar surface area (TPSA) is 112 Å². The molecule has 0 spiro atoms. The number of hydrogen-bond donors (Lipinski definition) is 3. The Morgan fingerprint density at radius 3 is 1.14 bits per heavy atom. The van der Waals surface area contributed by atoms with Gasteiger partial charge in [0.1, 0.15) is 0 Å². The van der Waals surface area contributed by atoms with Crippen LogP contribution in [0.5, 0.6) is 0 Å². The molecule has 0 saturated carbocycles. The molecule has 0 amide bonds. The van der Waals surface area contributed by atoms with Crippen molar-refractivity contribution in [1.29, 1.82) is 0 Å². The van der Waals surface area contributed by atoms with Crippen LogP contribution in [0, 0.1) is 12.3 Å². The molecule has 0 heterocycles. The van der Waals surface area contributed by atoms with E-state index in [0.717, 1.165) is 0 Å². The first-order valence-corrected chi connectivity index (χ1v) is 6.15. The predicted octanol–water partition coefficient (Wildman–Crippen LogP) is 1.99. The van der Waals surface area contributed by atoms with Gasteiger partial charge in [0.2, 0.25) is 0 Å². The van der Waals surface area contributed by atoms with Crippen molar-refractivity contribution in [2.45, 2.75) is 13.8 Å². The summed E-state index contributed by atoms with van der Waals surface area (Å²) in [6, 6.07) is 0. The molecule has 0 aromatic carbocycles. The van der Waals surface area contributed by atoms with E-state index in [1.165, 1.54) is 12.3 Å². The van der Waals surface area contributed by atoms with Crippen LogP contribution in [0.1, 0.15) is 13.8 Å². The van der Waals surface area contributed by atoms with Gasteiger partial charge in [0, 0.05) is 0 Å². The first-order valence-electron chi connectivity index (χ1n) is 2.82. The van der Waals surface area contributed by atoms with Crippen LogP contribution in [0.3, 0.4) is 0 Å². The van der Waals surface area contributed by atoms with Gasteiger partial charge < -0.3 is 4.89 Å². The smallest absolute Gasteiger partial charge is 0.310 e. The molecule has 2 unspecified atom stereocenters. The van der Waals surface area contributed by atoms with E-state index in [1.807, 2.05) is 0 Å². The quantitative estimate of drug-likeness (QED) is 0.408. The first kappa shape index (κ1) is 24.2. The molecule has 0 aliphatic rings. The monoisotopic (exact) mass is 296 g/mol. The fourth-order valence-corrected chi connectivity index (χ4v) is 0. The van der Waals surface area contributed by atoms with Crippen LogP contribution >= 0.6 is 24.7 Å². The number of rotatable bonds is 2. The van der Waals surface area contributed by atoms with E-state index >= 15 is 0 Å². The van der Waals surface area contributed by atoms with Crippen molar-refractivity contribution < 1.29 is 50.1 Å². The standard InChI is InChI=1S/2C2H5O2P.HO2P.Ti/c2*1-2-5(3)4;1-3-2;/h2*2H,1H3,(H,3,4);(H,1,2);/q;;;+2. The van der Waals surface area contributed by atoms with Gasteiger partial charge in [-0.25, -0.2) is 4.57 Å². The molecule has 6 nitrogen and oxygen atoms in total. The summed E-state index contributed by atoms with van der Waals surface area (Å²) >= 11 is 0. The summed E-state index contributed by atoms with van der Waals surface area (Å²) in [5.74, 6) is 0. The Morgan fingerprint density at radius 1 is 1.07 bits per heavy atom. The van der Waals surface area contributed by atoms with Crippen LogP contribution < -0.4 is 0 Å². The molecule has 0 aliphatic heterocycles. The minimum absolute atomic E-state index is 0. The third kappa shape index (κ3) is 76.2. The minimum atomic E-state index is -1.97. The van der Waals surface area contributed by atoms with Crippen LogP contribution in [0.2, 0.25) is 0 Å². The van der Waals surface area contributed by atoms with Crippen LogP contribution in [0.15, 0.2) is 0 Å². The van der Waals surface area contributed by atoms with Gasteiger partial charge in [0.05, 0.1) is 0 Å². The van der Waals surface area contributed by atoms with Crippen LogP contribution in [-0.4, -0.2) is 14.7 Å². The molecule has 80 valence electrons. The SMILES string of the molecule is C[CH-][P+](=O)O.C[CH-][P+](=O)O.O=PO.[Ti+2]. The Hall–Kier alpha value is 0.894. The van der Waals surface area contributed by atoms with Crippen molar-refractivity contribution in [3.8, 4) is 0 Å². The molecule has 10 heteroatoms. The van der Waals surface area contributed by atoms with Gasteiger partial charge in [-0.2, -0.15) is 9.79 Å². The summed E-state index contributed by atoms with van der Waals surface area (Å²) in [6.07, 6.45) is 2.46. The van der Waals surface area contributed by atoms with Crippen LogP contribution in [-0.2, 0) is 35.4 Å². The van der Waals surface area contributed by atoms with Crippen LogP contribution in [0.4, 0.5) is 0 Å². The fourth-order valence-electron chi connectivity index (χ4n) is 0. The zero-order valence-electron chi connectivity index (χ0n) is 7.56. The molecule has 0 rings (SSSR count). The molecule has 2 atom stereocenters. The largest absolute Gasteiger partial charge is 2.00 e. The molecule has 14 heavy (non-hydrogen) atoms. The molecule has 0 aromatic heterocycles. The van der Waals surface area contributed by atoms with E-state index in [0.29, 0.717) is 0 Å². The summed E-state index contributed by atoms with van der Waals surface area (Å²) in [6.45, 7) is 3.08. The van der Waals surface area contributed by atoms with E-state index in [2.05, 4.69) is 0 Å². The van der Waals surface area contributed by atoms with Gasteiger partial charge in [-0.05, 0) is 12.3 Å².